The van der Waals surface area contributed by atoms with Crippen LogP contribution in [0.4, 0.5) is 5.69 Å². The van der Waals surface area contributed by atoms with Crippen molar-refractivity contribution in [2.24, 2.45) is 0 Å². The lowest BCUT2D eigenvalue weighted by molar-refractivity contribution is 0.0439. The molecule has 0 aliphatic carbocycles. The van der Waals surface area contributed by atoms with Gasteiger partial charge in [0.15, 0.2) is 12.4 Å². The molecule has 1 aliphatic rings. The van der Waals surface area contributed by atoms with E-state index >= 15 is 0 Å². The molecule has 3 aromatic rings. The Balaban J connectivity index is 1.39. The monoisotopic (exact) mass is 398 g/mol. The Kier molecular flexibility index (Phi) is 4.87. The van der Waals surface area contributed by atoms with Crippen LogP contribution >= 0.6 is 0 Å². The average Bonchev–Trinajstić information content (AvgIpc) is 3.33. The molecule has 1 saturated heterocycles. The van der Waals surface area contributed by atoms with Crippen LogP contribution in [-0.4, -0.2) is 31.7 Å². The Hall–Kier alpha value is -3.13. The third-order valence-electron chi connectivity index (χ3n) is 4.43. The van der Waals surface area contributed by atoms with Crippen molar-refractivity contribution in [3.05, 3.63) is 72.2 Å². The van der Waals surface area contributed by atoms with E-state index in [1.165, 1.54) is 4.31 Å². The van der Waals surface area contributed by atoms with E-state index in [0.29, 0.717) is 35.9 Å². The molecule has 0 N–H and O–H groups in total. The molecule has 144 valence electrons. The molecule has 8 heteroatoms. The van der Waals surface area contributed by atoms with Crippen LogP contribution in [0.3, 0.4) is 0 Å². The third-order valence-corrected chi connectivity index (χ3v) is 6.30. The summed E-state index contributed by atoms with van der Waals surface area (Å²) >= 11 is 0. The van der Waals surface area contributed by atoms with Gasteiger partial charge in [-0.3, -0.25) is 4.31 Å². The maximum absolute atomic E-state index is 12.2. The SMILES string of the molecule is O=C(OCc1ncc(-c2ccccc2)o1)c1ccc(N2CCCS2(=O)=O)cc1. The maximum atomic E-state index is 12.2. The maximum Gasteiger partial charge on any atom is 0.338 e. The summed E-state index contributed by atoms with van der Waals surface area (Å²) < 4.78 is 36.1. The Bertz CT molecular complexity index is 1080. The number of sulfonamides is 1. The summed E-state index contributed by atoms with van der Waals surface area (Å²) in [5.74, 6) is 0.517. The van der Waals surface area contributed by atoms with Crippen LogP contribution in [0.5, 0.6) is 0 Å². The molecule has 2 heterocycles. The predicted octanol–water partition coefficient (Wildman–Crippen LogP) is 3.24. The minimum atomic E-state index is -3.24. The highest BCUT2D eigenvalue weighted by Gasteiger charge is 2.28. The third kappa shape index (κ3) is 3.77. The lowest BCUT2D eigenvalue weighted by atomic mass is 10.2. The van der Waals surface area contributed by atoms with Gasteiger partial charge in [-0.15, -0.1) is 0 Å². The number of carbonyl (C=O) groups is 1. The van der Waals surface area contributed by atoms with Crippen LogP contribution in [0.25, 0.3) is 11.3 Å². The fourth-order valence-corrected chi connectivity index (χ4v) is 4.58. The predicted molar refractivity (Wildman–Crippen MR) is 103 cm³/mol. The zero-order valence-corrected chi connectivity index (χ0v) is 15.8. The van der Waals surface area contributed by atoms with Gasteiger partial charge in [-0.25, -0.2) is 18.2 Å². The molecule has 0 bridgehead atoms. The van der Waals surface area contributed by atoms with Crippen molar-refractivity contribution in [3.8, 4) is 11.3 Å². The topological polar surface area (TPSA) is 89.7 Å². The highest BCUT2D eigenvalue weighted by Crippen LogP contribution is 2.24. The lowest BCUT2D eigenvalue weighted by Gasteiger charge is -2.16. The zero-order chi connectivity index (χ0) is 19.6. The van der Waals surface area contributed by atoms with E-state index in [4.69, 9.17) is 9.15 Å². The highest BCUT2D eigenvalue weighted by molar-refractivity contribution is 7.93. The number of carbonyl (C=O) groups excluding carboxylic acids is 1. The van der Waals surface area contributed by atoms with Gasteiger partial charge in [0.2, 0.25) is 15.9 Å². The van der Waals surface area contributed by atoms with E-state index in [2.05, 4.69) is 4.98 Å². The Morgan fingerprint density at radius 3 is 2.54 bits per heavy atom. The van der Waals surface area contributed by atoms with Crippen molar-refractivity contribution in [2.75, 3.05) is 16.6 Å². The van der Waals surface area contributed by atoms with Crippen molar-refractivity contribution < 1.29 is 22.4 Å². The summed E-state index contributed by atoms with van der Waals surface area (Å²) in [5.41, 5.74) is 1.77. The number of hydrogen-bond donors (Lipinski definition) is 0. The van der Waals surface area contributed by atoms with Gasteiger partial charge in [-0.2, -0.15) is 0 Å². The zero-order valence-electron chi connectivity index (χ0n) is 14.9. The van der Waals surface area contributed by atoms with Crippen molar-refractivity contribution in [1.29, 1.82) is 0 Å². The second-order valence-corrected chi connectivity index (χ2v) is 8.36. The molecule has 0 atom stereocenters. The fourth-order valence-electron chi connectivity index (χ4n) is 3.02. The first-order valence-corrected chi connectivity index (χ1v) is 10.4. The molecule has 7 nitrogen and oxygen atoms in total. The van der Waals surface area contributed by atoms with Gasteiger partial charge in [-0.05, 0) is 30.7 Å². The van der Waals surface area contributed by atoms with Gasteiger partial charge in [0, 0.05) is 12.1 Å². The number of anilines is 1. The van der Waals surface area contributed by atoms with Crippen LogP contribution in [0.15, 0.2) is 65.2 Å². The largest absolute Gasteiger partial charge is 0.452 e. The molecule has 28 heavy (non-hydrogen) atoms. The number of esters is 1. The van der Waals surface area contributed by atoms with Crippen molar-refractivity contribution in [3.63, 3.8) is 0 Å². The molecule has 0 amide bonds. The Morgan fingerprint density at radius 1 is 1.11 bits per heavy atom. The summed E-state index contributed by atoms with van der Waals surface area (Å²) in [5, 5.41) is 0. The number of hydrogen-bond acceptors (Lipinski definition) is 6. The van der Waals surface area contributed by atoms with Gasteiger partial charge >= 0.3 is 5.97 Å². The van der Waals surface area contributed by atoms with Crippen molar-refractivity contribution in [2.45, 2.75) is 13.0 Å². The lowest BCUT2D eigenvalue weighted by Crippen LogP contribution is -2.25. The molecule has 4 rings (SSSR count). The van der Waals surface area contributed by atoms with E-state index in [-0.39, 0.29) is 12.4 Å². The minimum Gasteiger partial charge on any atom is -0.452 e. The molecular weight excluding hydrogens is 380 g/mol. The number of nitrogens with zero attached hydrogens (tertiary/aromatic N) is 2. The molecule has 1 aromatic heterocycles. The summed E-state index contributed by atoms with van der Waals surface area (Å²) in [4.78, 5) is 16.4. The van der Waals surface area contributed by atoms with Crippen LogP contribution in [0.1, 0.15) is 22.7 Å². The first-order chi connectivity index (χ1) is 13.5. The van der Waals surface area contributed by atoms with Gasteiger partial charge in [0.1, 0.15) is 0 Å². The fraction of sp³-hybridized carbons (Fsp3) is 0.200. The second kappa shape index (κ2) is 7.47. The Labute approximate surface area is 162 Å². The number of oxazole rings is 1. The second-order valence-electron chi connectivity index (χ2n) is 6.35. The summed E-state index contributed by atoms with van der Waals surface area (Å²) in [6, 6.07) is 15.8. The average molecular weight is 398 g/mol. The first-order valence-electron chi connectivity index (χ1n) is 8.81. The molecular formula is C20H18N2O5S. The van der Waals surface area contributed by atoms with E-state index < -0.39 is 16.0 Å². The van der Waals surface area contributed by atoms with Gasteiger partial charge in [-0.1, -0.05) is 30.3 Å². The van der Waals surface area contributed by atoms with Crippen LogP contribution < -0.4 is 4.31 Å². The smallest absolute Gasteiger partial charge is 0.338 e. The van der Waals surface area contributed by atoms with E-state index in [1.54, 1.807) is 30.5 Å². The highest BCUT2D eigenvalue weighted by atomic mass is 32.2. The summed E-state index contributed by atoms with van der Waals surface area (Å²) in [6.45, 7) is 0.369. The number of rotatable bonds is 5. The standard InChI is InChI=1S/C20H18N2O5S/c23-20(16-7-9-17(10-8-16)22-11-4-12-28(22,24)25)26-14-19-21-13-18(27-19)15-5-2-1-3-6-15/h1-3,5-10,13H,4,11-12,14H2. The quantitative estimate of drug-likeness (QED) is 0.613. The van der Waals surface area contributed by atoms with Crippen LogP contribution in [-0.2, 0) is 21.4 Å². The molecule has 1 aliphatic heterocycles. The first kappa shape index (κ1) is 18.2. The normalized spacial score (nSPS) is 15.5. The molecule has 0 saturated carbocycles. The van der Waals surface area contributed by atoms with E-state index in [9.17, 15) is 13.2 Å². The van der Waals surface area contributed by atoms with Gasteiger partial charge in [0.25, 0.3) is 0 Å². The molecule has 1 fully saturated rings. The summed E-state index contributed by atoms with van der Waals surface area (Å²) in [7, 11) is -3.24. The summed E-state index contributed by atoms with van der Waals surface area (Å²) in [6.07, 6.45) is 2.19. The molecule has 0 unspecified atom stereocenters. The van der Waals surface area contributed by atoms with Crippen molar-refractivity contribution >= 4 is 21.7 Å². The van der Waals surface area contributed by atoms with E-state index in [0.717, 1.165) is 5.56 Å². The minimum absolute atomic E-state index is 0.0894. The molecule has 0 spiro atoms. The van der Waals surface area contributed by atoms with Crippen LogP contribution in [0, 0.1) is 0 Å². The van der Waals surface area contributed by atoms with Crippen LogP contribution in [0.2, 0.25) is 0 Å². The molecule has 2 aromatic carbocycles. The number of ether oxygens (including phenoxy) is 1. The Morgan fingerprint density at radius 2 is 1.86 bits per heavy atom. The van der Waals surface area contributed by atoms with Gasteiger partial charge < -0.3 is 9.15 Å². The van der Waals surface area contributed by atoms with E-state index in [1.807, 2.05) is 30.3 Å². The van der Waals surface area contributed by atoms with Crippen molar-refractivity contribution in [1.82, 2.24) is 4.98 Å². The molecule has 0 radical (unpaired) electrons. The van der Waals surface area contributed by atoms with Gasteiger partial charge in [0.05, 0.1) is 23.2 Å². The number of benzene rings is 2. The number of aromatic nitrogens is 1.